The van der Waals surface area contributed by atoms with Crippen LogP contribution in [0.3, 0.4) is 0 Å². The molecule has 0 bridgehead atoms. The van der Waals surface area contributed by atoms with Gasteiger partial charge in [-0.05, 0) is 50.2 Å². The number of carbonyl (C=O) groups is 4. The maximum absolute atomic E-state index is 14.2. The van der Waals surface area contributed by atoms with Crippen LogP contribution < -0.4 is 15.8 Å². The molecule has 0 saturated heterocycles. The van der Waals surface area contributed by atoms with E-state index in [1.165, 1.54) is 18.2 Å². The zero-order valence-electron chi connectivity index (χ0n) is 20.0. The quantitative estimate of drug-likeness (QED) is 0.125. The van der Waals surface area contributed by atoms with Crippen LogP contribution in [0, 0.1) is 11.2 Å². The fourth-order valence-corrected chi connectivity index (χ4v) is 5.21. The van der Waals surface area contributed by atoms with Crippen molar-refractivity contribution >= 4 is 41.0 Å². The van der Waals surface area contributed by atoms with Crippen LogP contribution in [-0.4, -0.2) is 63.4 Å². The zero-order chi connectivity index (χ0) is 27.3. The Balaban J connectivity index is 1.70. The molecule has 6 N–H and O–H groups in total. The van der Waals surface area contributed by atoms with Crippen LogP contribution in [0.2, 0.25) is 0 Å². The lowest BCUT2D eigenvalue weighted by molar-refractivity contribution is -0.148. The molecule has 1 saturated carbocycles. The van der Waals surface area contributed by atoms with Gasteiger partial charge in [-0.1, -0.05) is 12.8 Å². The van der Waals surface area contributed by atoms with E-state index in [-0.39, 0.29) is 28.6 Å². The summed E-state index contributed by atoms with van der Waals surface area (Å²) in [5.74, 6) is -5.57. The van der Waals surface area contributed by atoms with E-state index < -0.39 is 47.6 Å². The molecule has 1 aromatic heterocycles. The number of amidine groups is 1. The number of hydrogen-bond donors (Lipinski definition) is 5. The first kappa shape index (κ1) is 27.7. The maximum atomic E-state index is 14.2. The van der Waals surface area contributed by atoms with Crippen molar-refractivity contribution in [1.82, 2.24) is 10.2 Å². The predicted molar refractivity (Wildman–Crippen MR) is 131 cm³/mol. The van der Waals surface area contributed by atoms with Gasteiger partial charge in [-0.15, -0.1) is 11.3 Å². The van der Waals surface area contributed by atoms with Crippen molar-refractivity contribution in [2.24, 2.45) is 5.73 Å². The molecule has 3 rings (SSSR count). The minimum absolute atomic E-state index is 0.154. The Kier molecular flexibility index (Phi) is 8.61. The first-order valence-electron chi connectivity index (χ1n) is 11.3. The number of carbonyl (C=O) groups excluding carboxylic acids is 2. The summed E-state index contributed by atoms with van der Waals surface area (Å²) in [5, 5.41) is 28.0. The third kappa shape index (κ3) is 6.49. The number of nitrogens with zero attached hydrogens (tertiary/aromatic N) is 1. The summed E-state index contributed by atoms with van der Waals surface area (Å²) < 4.78 is 19.4. The lowest BCUT2D eigenvalue weighted by atomic mass is 9.93. The van der Waals surface area contributed by atoms with Crippen molar-refractivity contribution in [3.63, 3.8) is 0 Å². The Morgan fingerprint density at radius 3 is 2.46 bits per heavy atom. The van der Waals surface area contributed by atoms with Gasteiger partial charge < -0.3 is 26.0 Å². The second-order valence-corrected chi connectivity index (χ2v) is 9.94. The molecule has 13 heteroatoms. The van der Waals surface area contributed by atoms with Gasteiger partial charge >= 0.3 is 17.9 Å². The molecule has 1 aromatic carbocycles. The van der Waals surface area contributed by atoms with Crippen molar-refractivity contribution < 1.29 is 38.5 Å². The third-order valence-electron chi connectivity index (χ3n) is 6.27. The number of aliphatic carboxylic acids is 2. The van der Waals surface area contributed by atoms with Gasteiger partial charge in [0.1, 0.15) is 22.3 Å². The summed E-state index contributed by atoms with van der Waals surface area (Å²) >= 11 is 1.10. The van der Waals surface area contributed by atoms with Gasteiger partial charge in [-0.25, -0.2) is 14.0 Å². The van der Waals surface area contributed by atoms with Gasteiger partial charge in [0.15, 0.2) is 11.6 Å². The fourth-order valence-electron chi connectivity index (χ4n) is 4.27. The number of likely N-dealkylation sites (N-methyl/N-ethyl adjacent to an activating group) is 1. The number of hydrogen-bond acceptors (Lipinski definition) is 8. The Labute approximate surface area is 215 Å². The molecule has 1 fully saturated rings. The van der Waals surface area contributed by atoms with Crippen molar-refractivity contribution in [2.45, 2.75) is 50.2 Å². The highest BCUT2D eigenvalue weighted by Gasteiger charge is 2.46. The zero-order valence-corrected chi connectivity index (χ0v) is 20.8. The Hall–Kier alpha value is -3.84. The number of nitrogens with two attached hydrogens (primary N) is 1. The predicted octanol–water partition coefficient (Wildman–Crippen LogP) is 2.18. The first-order valence-corrected chi connectivity index (χ1v) is 12.2. The number of benzene rings is 1. The van der Waals surface area contributed by atoms with Crippen LogP contribution in [0.1, 0.15) is 52.2 Å². The van der Waals surface area contributed by atoms with E-state index in [0.29, 0.717) is 17.7 Å². The summed E-state index contributed by atoms with van der Waals surface area (Å²) in [6.07, 6.45) is 1.67. The van der Waals surface area contributed by atoms with Crippen molar-refractivity contribution in [1.29, 1.82) is 5.41 Å². The summed E-state index contributed by atoms with van der Waals surface area (Å²) in [7, 11) is 1.71. The number of ether oxygens (including phenoxy) is 1. The van der Waals surface area contributed by atoms with Crippen molar-refractivity contribution in [2.75, 3.05) is 7.05 Å². The van der Waals surface area contributed by atoms with Gasteiger partial charge in [0.2, 0.25) is 5.91 Å². The highest BCUT2D eigenvalue weighted by molar-refractivity contribution is 7.13. The molecule has 37 heavy (non-hydrogen) atoms. The van der Waals surface area contributed by atoms with Crippen molar-refractivity contribution in [3.8, 4) is 5.75 Å². The molecule has 1 atom stereocenters. The smallest absolute Gasteiger partial charge is 0.353 e. The number of rotatable bonds is 11. The number of carboxylic acid groups (broad SMARTS) is 2. The molecule has 0 spiro atoms. The fraction of sp³-hybridized carbons (Fsp3) is 0.375. The van der Waals surface area contributed by atoms with E-state index in [2.05, 4.69) is 5.32 Å². The van der Waals surface area contributed by atoms with Crippen LogP contribution in [0.15, 0.2) is 30.3 Å². The van der Waals surface area contributed by atoms with Gasteiger partial charge in [-0.3, -0.25) is 19.9 Å². The number of amides is 1. The van der Waals surface area contributed by atoms with Crippen LogP contribution in [0.4, 0.5) is 4.39 Å². The second kappa shape index (κ2) is 11.5. The summed E-state index contributed by atoms with van der Waals surface area (Å²) in [5.41, 5.74) is 4.45. The van der Waals surface area contributed by atoms with Crippen LogP contribution >= 0.6 is 11.3 Å². The van der Waals surface area contributed by atoms with Crippen LogP contribution in [0.5, 0.6) is 5.75 Å². The van der Waals surface area contributed by atoms with E-state index in [1.54, 1.807) is 18.0 Å². The van der Waals surface area contributed by atoms with Crippen molar-refractivity contribution in [3.05, 3.63) is 51.5 Å². The van der Waals surface area contributed by atoms with Gasteiger partial charge in [0.25, 0.3) is 0 Å². The number of carboxylic acids is 2. The molecular formula is C24H27FN4O7S. The van der Waals surface area contributed by atoms with E-state index in [0.717, 1.165) is 30.2 Å². The number of thiophene rings is 1. The van der Waals surface area contributed by atoms with E-state index >= 15 is 0 Å². The Morgan fingerprint density at radius 2 is 1.89 bits per heavy atom. The monoisotopic (exact) mass is 534 g/mol. The van der Waals surface area contributed by atoms with E-state index in [4.69, 9.17) is 21.0 Å². The van der Waals surface area contributed by atoms with Gasteiger partial charge in [-0.2, -0.15) is 0 Å². The molecule has 1 heterocycles. The third-order valence-corrected chi connectivity index (χ3v) is 7.32. The molecular weight excluding hydrogens is 507 g/mol. The average molecular weight is 535 g/mol. The topological polar surface area (TPSA) is 183 Å². The molecule has 0 unspecified atom stereocenters. The summed E-state index contributed by atoms with van der Waals surface area (Å²) in [4.78, 5) is 50.9. The SMILES string of the molecule is CN(Cc1ccc(C(=O)Oc2ccc(C(=N)N)cc2F)s1)C1(C(=O)N[C@@H](CC(=O)O)C(=O)O)CCCC1. The lowest BCUT2D eigenvalue weighted by Gasteiger charge is -2.37. The molecule has 1 aliphatic rings. The average Bonchev–Trinajstić information content (AvgIpc) is 3.50. The van der Waals surface area contributed by atoms with E-state index in [1.807, 2.05) is 0 Å². The molecule has 198 valence electrons. The number of nitrogen functional groups attached to an aromatic ring is 1. The van der Waals surface area contributed by atoms with E-state index in [9.17, 15) is 28.7 Å². The Morgan fingerprint density at radius 1 is 1.22 bits per heavy atom. The molecule has 11 nitrogen and oxygen atoms in total. The molecule has 0 radical (unpaired) electrons. The molecule has 2 aromatic rings. The van der Waals surface area contributed by atoms with Crippen LogP contribution in [-0.2, 0) is 20.9 Å². The standard InChI is InChI=1S/C24H27FN4O7S/c1-29(24(8-2-3-9-24)23(35)28-16(21(32)33)11-19(30)31)12-14-5-7-18(37-14)22(34)36-17-6-4-13(20(26)27)10-15(17)25/h4-7,10,16H,2-3,8-9,11-12H2,1H3,(H3,26,27)(H,28,35)(H,30,31)(H,32,33)/t16-/m0/s1. The summed E-state index contributed by atoms with van der Waals surface area (Å²) in [6.45, 7) is 0.254. The minimum Gasteiger partial charge on any atom is -0.481 e. The van der Waals surface area contributed by atoms with Crippen LogP contribution in [0.25, 0.3) is 0 Å². The largest absolute Gasteiger partial charge is 0.481 e. The number of esters is 1. The molecule has 0 aliphatic heterocycles. The number of halogens is 1. The number of nitrogens with one attached hydrogen (secondary N) is 2. The highest BCUT2D eigenvalue weighted by atomic mass is 32.1. The molecule has 1 aliphatic carbocycles. The first-order chi connectivity index (χ1) is 17.4. The normalized spacial score (nSPS) is 15.2. The molecule has 1 amide bonds. The van der Waals surface area contributed by atoms with Gasteiger partial charge in [0.05, 0.1) is 6.42 Å². The van der Waals surface area contributed by atoms with Gasteiger partial charge in [0, 0.05) is 17.0 Å². The maximum Gasteiger partial charge on any atom is 0.353 e. The minimum atomic E-state index is -1.55. The summed E-state index contributed by atoms with van der Waals surface area (Å²) in [6, 6.07) is 5.22. The Bertz CT molecular complexity index is 1230. The highest BCUT2D eigenvalue weighted by Crippen LogP contribution is 2.36. The second-order valence-electron chi connectivity index (χ2n) is 8.77. The lowest BCUT2D eigenvalue weighted by Crippen LogP contribution is -2.58.